The molecular formula is C32H36N4. The third-order valence-electron chi connectivity index (χ3n) is 8.12. The molecule has 0 saturated carbocycles. The molecule has 2 aromatic rings. The van der Waals surface area contributed by atoms with Crippen LogP contribution in [0.15, 0.2) is 84.1 Å². The van der Waals surface area contributed by atoms with Gasteiger partial charge in [0.05, 0.1) is 17.6 Å². The number of anilines is 1. The topological polar surface area (TPSA) is 75.7 Å². The van der Waals surface area contributed by atoms with Crippen molar-refractivity contribution in [2.75, 3.05) is 5.73 Å². The smallest absolute Gasteiger partial charge is 0.152 e. The highest BCUT2D eigenvalue weighted by Gasteiger charge is 2.38. The summed E-state index contributed by atoms with van der Waals surface area (Å²) >= 11 is 0. The highest BCUT2D eigenvalue weighted by atomic mass is 14.9. The van der Waals surface area contributed by atoms with E-state index in [1.165, 1.54) is 35.1 Å². The molecule has 1 spiro atoms. The monoisotopic (exact) mass is 476 g/mol. The zero-order chi connectivity index (χ0) is 25.1. The Morgan fingerprint density at radius 1 is 1.11 bits per heavy atom. The molecule has 4 nitrogen and oxygen atoms in total. The lowest BCUT2D eigenvalue weighted by Gasteiger charge is -2.32. The van der Waals surface area contributed by atoms with Crippen LogP contribution in [0.25, 0.3) is 5.57 Å². The van der Waals surface area contributed by atoms with Gasteiger partial charge in [0.1, 0.15) is 5.69 Å². The molecule has 5 rings (SSSR count). The molecule has 1 aromatic heterocycles. The van der Waals surface area contributed by atoms with Crippen molar-refractivity contribution in [3.63, 3.8) is 0 Å². The highest BCUT2D eigenvalue weighted by molar-refractivity contribution is 6.12. The molecule has 3 aliphatic rings. The molecule has 0 aliphatic heterocycles. The van der Waals surface area contributed by atoms with E-state index in [0.29, 0.717) is 22.6 Å². The number of benzene rings is 1. The summed E-state index contributed by atoms with van der Waals surface area (Å²) in [5.41, 5.74) is 16.2. The number of nitrogen functional groups attached to an aromatic ring is 1. The Labute approximate surface area is 215 Å². The van der Waals surface area contributed by atoms with Gasteiger partial charge in [-0.15, -0.1) is 0 Å². The summed E-state index contributed by atoms with van der Waals surface area (Å²) in [6.45, 7) is 5.96. The molecule has 1 heterocycles. The number of aromatic nitrogens is 2. The lowest BCUT2D eigenvalue weighted by molar-refractivity contribution is 0.278. The first-order valence-electron chi connectivity index (χ1n) is 13.2. The van der Waals surface area contributed by atoms with Crippen molar-refractivity contribution < 1.29 is 0 Å². The van der Waals surface area contributed by atoms with E-state index in [2.05, 4.69) is 61.0 Å². The van der Waals surface area contributed by atoms with Crippen LogP contribution in [0.5, 0.6) is 0 Å². The first-order valence-corrected chi connectivity index (χ1v) is 13.2. The number of fused-ring (bicyclic) bond motifs is 1. The van der Waals surface area contributed by atoms with Crippen molar-refractivity contribution in [3.8, 4) is 0 Å². The maximum atomic E-state index is 8.92. The van der Waals surface area contributed by atoms with Crippen LogP contribution in [-0.4, -0.2) is 15.7 Å². The number of nitrogens with zero attached hydrogens (tertiary/aromatic N) is 2. The van der Waals surface area contributed by atoms with Crippen LogP contribution in [0.4, 0.5) is 5.82 Å². The number of nitrogens with two attached hydrogens (primary N) is 1. The summed E-state index contributed by atoms with van der Waals surface area (Å²) in [6.07, 6.45) is 21.7. The van der Waals surface area contributed by atoms with Gasteiger partial charge in [0.2, 0.25) is 0 Å². The molecule has 1 aromatic carbocycles. The second kappa shape index (κ2) is 10.2. The number of nitrogens with one attached hydrogen (secondary N) is 1. The Morgan fingerprint density at radius 2 is 1.86 bits per heavy atom. The number of rotatable bonds is 5. The van der Waals surface area contributed by atoms with E-state index in [9.17, 15) is 0 Å². The van der Waals surface area contributed by atoms with Crippen LogP contribution in [-0.2, 0) is 12.8 Å². The minimum Gasteiger partial charge on any atom is -0.382 e. The fourth-order valence-corrected chi connectivity index (χ4v) is 5.97. The maximum absolute atomic E-state index is 8.92. The largest absolute Gasteiger partial charge is 0.382 e. The molecular weight excluding hydrogens is 440 g/mol. The molecule has 36 heavy (non-hydrogen) atoms. The van der Waals surface area contributed by atoms with Crippen LogP contribution >= 0.6 is 0 Å². The van der Waals surface area contributed by atoms with Gasteiger partial charge in [0.15, 0.2) is 5.82 Å². The van der Waals surface area contributed by atoms with E-state index < -0.39 is 0 Å². The van der Waals surface area contributed by atoms with Gasteiger partial charge >= 0.3 is 0 Å². The molecule has 3 N–H and O–H groups in total. The third-order valence-corrected chi connectivity index (χ3v) is 8.12. The molecule has 4 heteroatoms. The molecule has 0 saturated heterocycles. The zero-order valence-corrected chi connectivity index (χ0v) is 21.3. The summed E-state index contributed by atoms with van der Waals surface area (Å²) in [7, 11) is 0. The van der Waals surface area contributed by atoms with Crippen LogP contribution < -0.4 is 5.73 Å². The zero-order valence-electron chi connectivity index (χ0n) is 21.3. The summed E-state index contributed by atoms with van der Waals surface area (Å²) in [4.78, 5) is 9.40. The Hall–Kier alpha value is -3.53. The van der Waals surface area contributed by atoms with Crippen molar-refractivity contribution in [1.29, 1.82) is 5.41 Å². The first kappa shape index (κ1) is 24.2. The lowest BCUT2D eigenvalue weighted by atomic mass is 9.72. The molecule has 0 unspecified atom stereocenters. The van der Waals surface area contributed by atoms with Gasteiger partial charge in [-0.2, -0.15) is 0 Å². The van der Waals surface area contributed by atoms with E-state index >= 15 is 0 Å². The molecule has 0 amide bonds. The van der Waals surface area contributed by atoms with Crippen molar-refractivity contribution >= 4 is 17.1 Å². The number of hydrogen-bond donors (Lipinski definition) is 2. The normalized spacial score (nSPS) is 21.5. The molecule has 0 atom stereocenters. The standard InChI is InChI=1S/C32H36N4/c1-3-4-10-24-18-25(11-6-5-9-22(24)2)29(33)30-31(34)36-28(21-35-30)23-14-16-32(17-15-23)19-26-12-7-8-13-27(26)20-32/h3-4,7-8,10,12-14,18,21,33H,1,5-6,9,11,15-17,19-20H2,2H3,(H2,34,36)/b10-4-,24-22-,25-18?,33-29?. The van der Waals surface area contributed by atoms with Gasteiger partial charge in [-0.3, -0.25) is 5.41 Å². The summed E-state index contributed by atoms with van der Waals surface area (Å²) < 4.78 is 0. The van der Waals surface area contributed by atoms with Crippen molar-refractivity contribution in [3.05, 3.63) is 107 Å². The molecule has 3 aliphatic carbocycles. The fourth-order valence-electron chi connectivity index (χ4n) is 5.97. The van der Waals surface area contributed by atoms with Gasteiger partial charge < -0.3 is 5.73 Å². The molecule has 0 bridgehead atoms. The average Bonchev–Trinajstić information content (AvgIpc) is 3.24. The molecule has 0 fully saturated rings. The van der Waals surface area contributed by atoms with Gasteiger partial charge in [-0.1, -0.05) is 60.7 Å². The van der Waals surface area contributed by atoms with Crippen molar-refractivity contribution in [2.45, 2.75) is 64.7 Å². The summed E-state index contributed by atoms with van der Waals surface area (Å²) in [5, 5.41) is 8.92. The quantitative estimate of drug-likeness (QED) is 0.350. The Balaban J connectivity index is 1.35. The maximum Gasteiger partial charge on any atom is 0.152 e. The summed E-state index contributed by atoms with van der Waals surface area (Å²) in [5.74, 6) is 0.346. The highest BCUT2D eigenvalue weighted by Crippen LogP contribution is 2.48. The fraction of sp³-hybridized carbons (Fsp3) is 0.344. The van der Waals surface area contributed by atoms with Gasteiger partial charge in [0, 0.05) is 0 Å². The second-order valence-corrected chi connectivity index (χ2v) is 10.6. The lowest BCUT2D eigenvalue weighted by Crippen LogP contribution is -2.23. The van der Waals surface area contributed by atoms with E-state index in [4.69, 9.17) is 16.1 Å². The Kier molecular flexibility index (Phi) is 6.86. The Morgan fingerprint density at radius 3 is 2.53 bits per heavy atom. The average molecular weight is 477 g/mol. The van der Waals surface area contributed by atoms with E-state index in [1.54, 1.807) is 6.08 Å². The summed E-state index contributed by atoms with van der Waals surface area (Å²) in [6, 6.07) is 8.87. The van der Waals surface area contributed by atoms with Crippen molar-refractivity contribution in [2.24, 2.45) is 5.41 Å². The Bertz CT molecular complexity index is 1300. The minimum atomic E-state index is 0.346. The number of allylic oxidation sites excluding steroid dienone is 9. The van der Waals surface area contributed by atoms with Crippen LogP contribution in [0.1, 0.15) is 74.4 Å². The third kappa shape index (κ3) is 4.90. The van der Waals surface area contributed by atoms with Gasteiger partial charge in [-0.05, 0) is 104 Å². The minimum absolute atomic E-state index is 0.346. The van der Waals surface area contributed by atoms with Gasteiger partial charge in [0.25, 0.3) is 0 Å². The van der Waals surface area contributed by atoms with Crippen LogP contribution in [0.2, 0.25) is 0 Å². The van der Waals surface area contributed by atoms with E-state index in [-0.39, 0.29) is 0 Å². The van der Waals surface area contributed by atoms with Crippen LogP contribution in [0.3, 0.4) is 0 Å². The van der Waals surface area contributed by atoms with Gasteiger partial charge in [-0.25, -0.2) is 9.97 Å². The predicted octanol–water partition coefficient (Wildman–Crippen LogP) is 7.34. The van der Waals surface area contributed by atoms with Crippen LogP contribution in [0, 0.1) is 10.8 Å². The SMILES string of the molecule is C=C/C=C\C1=C(/C)CCCCC(C(=N)c2ncc(C3=CCC4(CC3)Cc3ccccc3C4)nc2N)=C1. The second-order valence-electron chi connectivity index (χ2n) is 10.6. The molecule has 184 valence electrons. The first-order chi connectivity index (χ1) is 17.5. The van der Waals surface area contributed by atoms with E-state index in [1.807, 2.05) is 12.3 Å². The van der Waals surface area contributed by atoms with E-state index in [0.717, 1.165) is 61.8 Å². The number of hydrogen-bond acceptors (Lipinski definition) is 4. The predicted molar refractivity (Wildman–Crippen MR) is 150 cm³/mol. The molecule has 0 radical (unpaired) electrons. The van der Waals surface area contributed by atoms with Crippen molar-refractivity contribution in [1.82, 2.24) is 9.97 Å².